The van der Waals surface area contributed by atoms with Gasteiger partial charge in [-0.3, -0.25) is 0 Å². The highest BCUT2D eigenvalue weighted by atomic mass is 19.3. The Kier molecular flexibility index (Phi) is 3.79. The van der Waals surface area contributed by atoms with Crippen molar-refractivity contribution in [3.63, 3.8) is 0 Å². The zero-order valence-electron chi connectivity index (χ0n) is 14.1. The maximum absolute atomic E-state index is 13.2. The molecule has 0 spiro atoms. The average Bonchev–Trinajstić information content (AvgIpc) is 3.14. The molecule has 0 aliphatic carbocycles. The van der Waals surface area contributed by atoms with Crippen molar-refractivity contribution in [2.45, 2.75) is 26.1 Å². The van der Waals surface area contributed by atoms with E-state index in [9.17, 15) is 8.78 Å². The number of nitrogens with one attached hydrogen (secondary N) is 1. The molecule has 8 heteroatoms. The van der Waals surface area contributed by atoms with Crippen LogP contribution in [0.1, 0.15) is 25.5 Å². The van der Waals surface area contributed by atoms with Crippen LogP contribution < -0.4 is 19.7 Å². The van der Waals surface area contributed by atoms with Gasteiger partial charge in [0.2, 0.25) is 0 Å². The first-order valence-electron chi connectivity index (χ1n) is 8.38. The maximum Gasteiger partial charge on any atom is 0.586 e. The molecule has 1 saturated heterocycles. The van der Waals surface area contributed by atoms with Crippen LogP contribution >= 0.6 is 0 Å². The van der Waals surface area contributed by atoms with Gasteiger partial charge in [0.05, 0.1) is 23.3 Å². The third kappa shape index (κ3) is 3.02. The summed E-state index contributed by atoms with van der Waals surface area (Å²) >= 11 is 0. The van der Waals surface area contributed by atoms with Crippen LogP contribution in [0.25, 0.3) is 5.69 Å². The first-order chi connectivity index (χ1) is 11.9. The van der Waals surface area contributed by atoms with Crippen molar-refractivity contribution in [2.24, 2.45) is 0 Å². The summed E-state index contributed by atoms with van der Waals surface area (Å²) in [7, 11) is 0. The third-order valence-electron chi connectivity index (χ3n) is 4.38. The van der Waals surface area contributed by atoms with Crippen molar-refractivity contribution in [2.75, 3.05) is 31.1 Å². The molecule has 0 amide bonds. The van der Waals surface area contributed by atoms with Gasteiger partial charge >= 0.3 is 6.29 Å². The molecule has 0 unspecified atom stereocenters. The number of aromatic nitrogens is 2. The van der Waals surface area contributed by atoms with Gasteiger partial charge in [0.15, 0.2) is 11.5 Å². The van der Waals surface area contributed by atoms with E-state index in [0.29, 0.717) is 5.69 Å². The number of alkyl halides is 2. The predicted molar refractivity (Wildman–Crippen MR) is 88.9 cm³/mol. The molecule has 6 nitrogen and oxygen atoms in total. The van der Waals surface area contributed by atoms with Gasteiger partial charge in [0.25, 0.3) is 0 Å². The molecule has 134 valence electrons. The summed E-state index contributed by atoms with van der Waals surface area (Å²) in [6, 6.07) is 4.70. The number of benzene rings is 1. The minimum absolute atomic E-state index is 0.0211. The van der Waals surface area contributed by atoms with E-state index in [1.165, 1.54) is 12.1 Å². The quantitative estimate of drug-likeness (QED) is 0.922. The lowest BCUT2D eigenvalue weighted by Gasteiger charge is -2.29. The first kappa shape index (κ1) is 16.1. The van der Waals surface area contributed by atoms with E-state index in [-0.39, 0.29) is 17.4 Å². The van der Waals surface area contributed by atoms with Crippen molar-refractivity contribution in [3.05, 3.63) is 30.1 Å². The van der Waals surface area contributed by atoms with Gasteiger partial charge in [-0.05, 0) is 18.1 Å². The molecular weight excluding hydrogens is 330 g/mol. The predicted octanol–water partition coefficient (Wildman–Crippen LogP) is 2.73. The van der Waals surface area contributed by atoms with Crippen LogP contribution in [-0.2, 0) is 0 Å². The van der Waals surface area contributed by atoms with Gasteiger partial charge in [-0.1, -0.05) is 13.8 Å². The molecule has 1 aromatic carbocycles. The second-order valence-corrected chi connectivity index (χ2v) is 6.53. The molecule has 0 atom stereocenters. The zero-order chi connectivity index (χ0) is 17.6. The zero-order valence-corrected chi connectivity index (χ0v) is 14.1. The van der Waals surface area contributed by atoms with Crippen LogP contribution in [-0.4, -0.2) is 42.3 Å². The standard InChI is InChI=1S/C17H20F2N4O2/c1-11(2)16-13(22-7-5-20-6-8-22)10-23(21-16)12-3-4-14-15(9-12)25-17(18,19)24-14/h3-4,9-11,20H,5-8H2,1-2H3. The molecule has 2 aliphatic rings. The Morgan fingerprint density at radius 1 is 1.16 bits per heavy atom. The molecular formula is C17H20F2N4O2. The van der Waals surface area contributed by atoms with Crippen LogP contribution in [0.3, 0.4) is 0 Å². The van der Waals surface area contributed by atoms with E-state index in [2.05, 4.69) is 38.6 Å². The summed E-state index contributed by atoms with van der Waals surface area (Å²) in [4.78, 5) is 2.30. The molecule has 2 aromatic rings. The summed E-state index contributed by atoms with van der Waals surface area (Å²) < 4.78 is 37.1. The molecule has 0 bridgehead atoms. The fraction of sp³-hybridized carbons (Fsp3) is 0.471. The SMILES string of the molecule is CC(C)c1nn(-c2ccc3c(c2)OC(F)(F)O3)cc1N1CCNCC1. The van der Waals surface area contributed by atoms with Crippen LogP contribution in [0.15, 0.2) is 24.4 Å². The molecule has 0 saturated carbocycles. The molecule has 25 heavy (non-hydrogen) atoms. The van der Waals surface area contributed by atoms with Gasteiger partial charge in [-0.25, -0.2) is 4.68 Å². The fourth-order valence-corrected chi connectivity index (χ4v) is 3.15. The summed E-state index contributed by atoms with van der Waals surface area (Å²) in [5.74, 6) is 0.310. The van der Waals surface area contributed by atoms with Crippen molar-refractivity contribution in [1.82, 2.24) is 15.1 Å². The monoisotopic (exact) mass is 350 g/mol. The van der Waals surface area contributed by atoms with E-state index < -0.39 is 6.29 Å². The molecule has 3 heterocycles. The number of halogens is 2. The Balaban J connectivity index is 1.69. The smallest absolute Gasteiger partial charge is 0.395 e. The number of hydrogen-bond donors (Lipinski definition) is 1. The Hall–Kier alpha value is -2.35. The molecule has 4 rings (SSSR count). The molecule has 1 fully saturated rings. The van der Waals surface area contributed by atoms with E-state index in [0.717, 1.165) is 37.6 Å². The second kappa shape index (κ2) is 5.87. The van der Waals surface area contributed by atoms with E-state index in [1.807, 2.05) is 6.20 Å². The summed E-state index contributed by atoms with van der Waals surface area (Å²) in [5, 5.41) is 8.02. The normalized spacial score (nSPS) is 18.8. The average molecular weight is 350 g/mol. The Morgan fingerprint density at radius 2 is 1.88 bits per heavy atom. The third-order valence-corrected chi connectivity index (χ3v) is 4.38. The van der Waals surface area contributed by atoms with Gasteiger partial charge in [-0.2, -0.15) is 5.10 Å². The molecule has 2 aliphatic heterocycles. The van der Waals surface area contributed by atoms with Gasteiger partial charge in [-0.15, -0.1) is 8.78 Å². The van der Waals surface area contributed by atoms with Gasteiger partial charge in [0.1, 0.15) is 0 Å². The number of ether oxygens (including phenoxy) is 2. The van der Waals surface area contributed by atoms with E-state index in [1.54, 1.807) is 10.7 Å². The first-order valence-corrected chi connectivity index (χ1v) is 8.38. The molecule has 1 N–H and O–H groups in total. The topological polar surface area (TPSA) is 51.6 Å². The number of anilines is 1. The van der Waals surface area contributed by atoms with E-state index in [4.69, 9.17) is 0 Å². The molecule has 0 radical (unpaired) electrons. The number of piperazine rings is 1. The van der Waals surface area contributed by atoms with Crippen molar-refractivity contribution in [3.8, 4) is 17.2 Å². The Morgan fingerprint density at radius 3 is 2.60 bits per heavy atom. The highest BCUT2D eigenvalue weighted by Crippen LogP contribution is 2.42. The lowest BCUT2D eigenvalue weighted by atomic mass is 10.1. The largest absolute Gasteiger partial charge is 0.586 e. The van der Waals surface area contributed by atoms with Crippen LogP contribution in [0.2, 0.25) is 0 Å². The number of hydrogen-bond acceptors (Lipinski definition) is 5. The highest BCUT2D eigenvalue weighted by molar-refractivity contribution is 5.55. The maximum atomic E-state index is 13.2. The minimum atomic E-state index is -3.61. The lowest BCUT2D eigenvalue weighted by molar-refractivity contribution is -0.286. The lowest BCUT2D eigenvalue weighted by Crippen LogP contribution is -2.43. The van der Waals surface area contributed by atoms with Crippen molar-refractivity contribution in [1.29, 1.82) is 0 Å². The number of fused-ring (bicyclic) bond motifs is 1. The number of rotatable bonds is 3. The van der Waals surface area contributed by atoms with Crippen LogP contribution in [0.5, 0.6) is 11.5 Å². The summed E-state index contributed by atoms with van der Waals surface area (Å²) in [5.41, 5.74) is 2.73. The van der Waals surface area contributed by atoms with Crippen LogP contribution in [0.4, 0.5) is 14.5 Å². The minimum Gasteiger partial charge on any atom is -0.395 e. The highest BCUT2D eigenvalue weighted by Gasteiger charge is 2.43. The van der Waals surface area contributed by atoms with Crippen molar-refractivity contribution < 1.29 is 18.3 Å². The Bertz CT molecular complexity index is 785. The van der Waals surface area contributed by atoms with E-state index >= 15 is 0 Å². The second-order valence-electron chi connectivity index (χ2n) is 6.53. The fourth-order valence-electron chi connectivity index (χ4n) is 3.15. The molecule has 1 aromatic heterocycles. The van der Waals surface area contributed by atoms with Crippen molar-refractivity contribution >= 4 is 5.69 Å². The van der Waals surface area contributed by atoms with Gasteiger partial charge in [0, 0.05) is 32.2 Å². The number of nitrogens with zero attached hydrogens (tertiary/aromatic N) is 3. The Labute approximate surface area is 144 Å². The summed E-state index contributed by atoms with van der Waals surface area (Å²) in [6.45, 7) is 7.89. The summed E-state index contributed by atoms with van der Waals surface area (Å²) in [6.07, 6.45) is -1.66. The van der Waals surface area contributed by atoms with Crippen LogP contribution in [0, 0.1) is 0 Å². The van der Waals surface area contributed by atoms with Gasteiger partial charge < -0.3 is 19.7 Å².